The van der Waals surface area contributed by atoms with E-state index in [9.17, 15) is 4.79 Å². The second-order valence-electron chi connectivity index (χ2n) is 4.82. The highest BCUT2D eigenvalue weighted by Gasteiger charge is 2.34. The molecule has 1 amide bonds. The third kappa shape index (κ3) is 1.53. The molecule has 2 nitrogen and oxygen atoms in total. The van der Waals surface area contributed by atoms with Crippen molar-refractivity contribution in [3.63, 3.8) is 0 Å². The fraction of sp³-hybridized carbons (Fsp3) is 0.188. The molecule has 1 aliphatic heterocycles. The molecule has 0 radical (unpaired) electrons. The van der Waals surface area contributed by atoms with E-state index in [0.29, 0.717) is 0 Å². The van der Waals surface area contributed by atoms with E-state index in [0.717, 1.165) is 22.3 Å². The number of benzene rings is 2. The second-order valence-corrected chi connectivity index (χ2v) is 4.82. The molecule has 0 fully saturated rings. The molecule has 2 aromatic carbocycles. The van der Waals surface area contributed by atoms with Crippen LogP contribution < -0.4 is 0 Å². The van der Waals surface area contributed by atoms with Crippen LogP contribution in [0.5, 0.6) is 0 Å². The Labute approximate surface area is 107 Å². The van der Waals surface area contributed by atoms with E-state index in [1.54, 1.807) is 0 Å². The maximum atomic E-state index is 12.3. The van der Waals surface area contributed by atoms with Gasteiger partial charge in [0.25, 0.3) is 5.91 Å². The Balaban J connectivity index is 2.16. The van der Waals surface area contributed by atoms with Crippen molar-refractivity contribution in [1.82, 2.24) is 4.90 Å². The van der Waals surface area contributed by atoms with Crippen molar-refractivity contribution < 1.29 is 4.79 Å². The minimum Gasteiger partial charge on any atom is -0.331 e. The summed E-state index contributed by atoms with van der Waals surface area (Å²) in [5.74, 6) is 0.113. The highest BCUT2D eigenvalue weighted by molar-refractivity contribution is 5.99. The molecule has 0 aromatic heterocycles. The van der Waals surface area contributed by atoms with Crippen molar-refractivity contribution in [2.45, 2.75) is 13.0 Å². The van der Waals surface area contributed by atoms with Gasteiger partial charge in [0.15, 0.2) is 0 Å². The van der Waals surface area contributed by atoms with Crippen molar-refractivity contribution in [1.29, 1.82) is 0 Å². The topological polar surface area (TPSA) is 20.3 Å². The molecule has 0 saturated heterocycles. The first-order valence-corrected chi connectivity index (χ1v) is 6.11. The molecule has 0 aliphatic carbocycles. The molecule has 2 heteroatoms. The van der Waals surface area contributed by atoms with Crippen LogP contribution in [0.1, 0.15) is 33.1 Å². The van der Waals surface area contributed by atoms with Crippen LogP contribution in [0.15, 0.2) is 48.5 Å². The molecule has 1 atom stereocenters. The fourth-order valence-electron chi connectivity index (χ4n) is 2.65. The number of aryl methyl sites for hydroxylation is 1. The molecule has 1 aliphatic rings. The van der Waals surface area contributed by atoms with Gasteiger partial charge in [-0.2, -0.15) is 0 Å². The van der Waals surface area contributed by atoms with E-state index >= 15 is 0 Å². The molecular weight excluding hydrogens is 222 g/mol. The van der Waals surface area contributed by atoms with E-state index < -0.39 is 0 Å². The highest BCUT2D eigenvalue weighted by atomic mass is 16.2. The quantitative estimate of drug-likeness (QED) is 0.746. The Hall–Kier alpha value is -2.09. The third-order valence-corrected chi connectivity index (χ3v) is 3.56. The summed E-state index contributed by atoms with van der Waals surface area (Å²) in [5, 5.41) is 0. The summed E-state index contributed by atoms with van der Waals surface area (Å²) < 4.78 is 0. The predicted octanol–water partition coefficient (Wildman–Crippen LogP) is 3.17. The minimum absolute atomic E-state index is 0.0503. The lowest BCUT2D eigenvalue weighted by molar-refractivity contribution is 0.0793. The SMILES string of the molecule is Cc1ccc2c(c1)C(=O)N(C)C2c1ccccc1. The largest absolute Gasteiger partial charge is 0.331 e. The van der Waals surface area contributed by atoms with Crippen LogP contribution in [0.25, 0.3) is 0 Å². The van der Waals surface area contributed by atoms with Gasteiger partial charge in [-0.25, -0.2) is 0 Å². The van der Waals surface area contributed by atoms with Gasteiger partial charge in [0.2, 0.25) is 0 Å². The van der Waals surface area contributed by atoms with Gasteiger partial charge >= 0.3 is 0 Å². The summed E-state index contributed by atoms with van der Waals surface area (Å²) in [5.41, 5.74) is 4.24. The van der Waals surface area contributed by atoms with Crippen LogP contribution in [0.4, 0.5) is 0 Å². The summed E-state index contributed by atoms with van der Waals surface area (Å²) in [4.78, 5) is 14.1. The van der Waals surface area contributed by atoms with Gasteiger partial charge < -0.3 is 4.90 Å². The van der Waals surface area contributed by atoms with Gasteiger partial charge in [-0.05, 0) is 24.1 Å². The molecule has 90 valence electrons. The smallest absolute Gasteiger partial charge is 0.254 e. The number of nitrogens with zero attached hydrogens (tertiary/aromatic N) is 1. The summed E-state index contributed by atoms with van der Waals surface area (Å²) >= 11 is 0. The summed E-state index contributed by atoms with van der Waals surface area (Å²) in [6, 6.07) is 16.3. The van der Waals surface area contributed by atoms with E-state index in [-0.39, 0.29) is 11.9 Å². The van der Waals surface area contributed by atoms with Crippen LogP contribution in [-0.2, 0) is 0 Å². The minimum atomic E-state index is 0.0503. The van der Waals surface area contributed by atoms with Crippen molar-refractivity contribution in [3.8, 4) is 0 Å². The summed E-state index contributed by atoms with van der Waals surface area (Å²) in [7, 11) is 1.87. The second kappa shape index (κ2) is 3.98. The van der Waals surface area contributed by atoms with E-state index in [4.69, 9.17) is 0 Å². The zero-order valence-electron chi connectivity index (χ0n) is 10.6. The number of hydrogen-bond donors (Lipinski definition) is 0. The Bertz CT molecular complexity index is 604. The van der Waals surface area contributed by atoms with Crippen LogP contribution >= 0.6 is 0 Å². The van der Waals surface area contributed by atoms with Crippen LogP contribution in [0, 0.1) is 6.92 Å². The molecule has 0 bridgehead atoms. The Morgan fingerprint density at radius 1 is 1.06 bits per heavy atom. The number of hydrogen-bond acceptors (Lipinski definition) is 1. The average Bonchev–Trinajstić information content (AvgIpc) is 2.64. The first-order valence-electron chi connectivity index (χ1n) is 6.11. The lowest BCUT2D eigenvalue weighted by atomic mass is 9.97. The lowest BCUT2D eigenvalue weighted by Crippen LogP contribution is -2.23. The van der Waals surface area contributed by atoms with E-state index in [2.05, 4.69) is 24.3 Å². The van der Waals surface area contributed by atoms with Gasteiger partial charge in [-0.3, -0.25) is 4.79 Å². The molecule has 0 spiro atoms. The maximum absolute atomic E-state index is 12.3. The Kier molecular flexibility index (Phi) is 2.44. The molecule has 18 heavy (non-hydrogen) atoms. The van der Waals surface area contributed by atoms with Crippen LogP contribution in [0.3, 0.4) is 0 Å². The van der Waals surface area contributed by atoms with Gasteiger partial charge in [-0.1, -0.05) is 48.0 Å². The lowest BCUT2D eigenvalue weighted by Gasteiger charge is -2.21. The Morgan fingerprint density at radius 3 is 2.50 bits per heavy atom. The molecule has 2 aromatic rings. The van der Waals surface area contributed by atoms with Gasteiger partial charge in [0.1, 0.15) is 0 Å². The van der Waals surface area contributed by atoms with Crippen LogP contribution in [0.2, 0.25) is 0 Å². The summed E-state index contributed by atoms with van der Waals surface area (Å²) in [6.45, 7) is 2.02. The predicted molar refractivity (Wildman–Crippen MR) is 71.6 cm³/mol. The molecule has 1 unspecified atom stereocenters. The number of amides is 1. The number of carbonyl (C=O) groups is 1. The molecule has 0 N–H and O–H groups in total. The first-order chi connectivity index (χ1) is 8.68. The third-order valence-electron chi connectivity index (χ3n) is 3.56. The molecule has 3 rings (SSSR count). The molecule has 0 saturated carbocycles. The number of rotatable bonds is 1. The van der Waals surface area contributed by atoms with Crippen molar-refractivity contribution in [3.05, 3.63) is 70.8 Å². The maximum Gasteiger partial charge on any atom is 0.254 e. The fourth-order valence-corrected chi connectivity index (χ4v) is 2.65. The normalized spacial score (nSPS) is 18.0. The first kappa shape index (κ1) is 11.0. The van der Waals surface area contributed by atoms with E-state index in [1.165, 1.54) is 0 Å². The van der Waals surface area contributed by atoms with Crippen molar-refractivity contribution in [2.75, 3.05) is 7.05 Å². The Morgan fingerprint density at radius 2 is 1.78 bits per heavy atom. The standard InChI is InChI=1S/C16H15NO/c1-11-8-9-13-14(10-11)16(18)17(2)15(13)12-6-4-3-5-7-12/h3-10,15H,1-2H3. The molecule has 1 heterocycles. The van der Waals surface area contributed by atoms with Crippen molar-refractivity contribution >= 4 is 5.91 Å². The van der Waals surface area contributed by atoms with E-state index in [1.807, 2.05) is 43.1 Å². The van der Waals surface area contributed by atoms with Gasteiger partial charge in [-0.15, -0.1) is 0 Å². The zero-order valence-corrected chi connectivity index (χ0v) is 10.6. The number of fused-ring (bicyclic) bond motifs is 1. The zero-order chi connectivity index (χ0) is 12.7. The highest BCUT2D eigenvalue weighted by Crippen LogP contribution is 2.37. The molecular formula is C16H15NO. The van der Waals surface area contributed by atoms with Gasteiger partial charge in [0, 0.05) is 12.6 Å². The summed E-state index contributed by atoms with van der Waals surface area (Å²) in [6.07, 6.45) is 0. The van der Waals surface area contributed by atoms with Crippen LogP contribution in [-0.4, -0.2) is 17.9 Å². The van der Waals surface area contributed by atoms with Crippen molar-refractivity contribution in [2.24, 2.45) is 0 Å². The average molecular weight is 237 g/mol. The monoisotopic (exact) mass is 237 g/mol. The van der Waals surface area contributed by atoms with Gasteiger partial charge in [0.05, 0.1) is 6.04 Å². The number of carbonyl (C=O) groups excluding carboxylic acids is 1.